The lowest BCUT2D eigenvalue weighted by Gasteiger charge is -2.27. The highest BCUT2D eigenvalue weighted by Crippen LogP contribution is 2.23. The molecule has 128 valence electrons. The lowest BCUT2D eigenvalue weighted by Crippen LogP contribution is -2.30. The maximum Gasteiger partial charge on any atom is 0.0642 e. The van der Waals surface area contributed by atoms with Gasteiger partial charge in [-0.25, -0.2) is 0 Å². The summed E-state index contributed by atoms with van der Waals surface area (Å²) in [4.78, 5) is 0. The first-order valence-electron chi connectivity index (χ1n) is 9.73. The topological polar surface area (TPSA) is 20.2 Å². The number of rotatable bonds is 15. The molecule has 21 heavy (non-hydrogen) atoms. The van der Waals surface area contributed by atoms with Gasteiger partial charge in [-0.15, -0.1) is 0 Å². The van der Waals surface area contributed by atoms with Crippen molar-refractivity contribution in [2.45, 2.75) is 123 Å². The van der Waals surface area contributed by atoms with Gasteiger partial charge in [0.05, 0.1) is 5.60 Å². The van der Waals surface area contributed by atoms with Gasteiger partial charge < -0.3 is 5.11 Å². The fourth-order valence-corrected chi connectivity index (χ4v) is 2.79. The zero-order chi connectivity index (χ0) is 16.0. The van der Waals surface area contributed by atoms with Crippen LogP contribution < -0.4 is 0 Å². The van der Waals surface area contributed by atoms with Crippen LogP contribution in [0.4, 0.5) is 0 Å². The molecule has 1 heteroatoms. The molecule has 0 fully saturated rings. The van der Waals surface area contributed by atoms with Crippen LogP contribution in [-0.4, -0.2) is 10.7 Å². The first kappa shape index (κ1) is 21.0. The van der Waals surface area contributed by atoms with Crippen LogP contribution in [0.5, 0.6) is 0 Å². The van der Waals surface area contributed by atoms with E-state index < -0.39 is 5.60 Å². The summed E-state index contributed by atoms with van der Waals surface area (Å²) >= 11 is 0. The van der Waals surface area contributed by atoms with Gasteiger partial charge in [-0.2, -0.15) is 0 Å². The molecule has 0 aliphatic heterocycles. The summed E-state index contributed by atoms with van der Waals surface area (Å²) in [6.07, 6.45) is 19.0. The Morgan fingerprint density at radius 2 is 1.00 bits per heavy atom. The van der Waals surface area contributed by atoms with Gasteiger partial charge in [0.15, 0.2) is 0 Å². The highest BCUT2D eigenvalue weighted by molar-refractivity contribution is 4.75. The molecule has 0 aromatic carbocycles. The third-order valence-corrected chi connectivity index (χ3v) is 5.03. The van der Waals surface area contributed by atoms with Gasteiger partial charge in [0, 0.05) is 0 Å². The molecule has 1 nitrogen and oxygen atoms in total. The molecular formula is C20H42O. The standard InChI is InChI=1S/C20H42O/c1-5-6-7-8-9-10-11-12-13-14-15-16-17-18-20(4,21)19(2)3/h19,21H,5-18H2,1-4H3. The largest absolute Gasteiger partial charge is 0.390 e. The second kappa shape index (κ2) is 13.6. The Hall–Kier alpha value is -0.0400. The number of hydrogen-bond donors (Lipinski definition) is 1. The number of unbranched alkanes of at least 4 members (excludes halogenated alkanes) is 12. The van der Waals surface area contributed by atoms with Crippen molar-refractivity contribution in [2.24, 2.45) is 5.92 Å². The average molecular weight is 299 g/mol. The first-order chi connectivity index (χ1) is 10.0. The smallest absolute Gasteiger partial charge is 0.0642 e. The van der Waals surface area contributed by atoms with E-state index in [9.17, 15) is 5.11 Å². The van der Waals surface area contributed by atoms with Gasteiger partial charge in [-0.05, 0) is 19.3 Å². The van der Waals surface area contributed by atoms with E-state index in [4.69, 9.17) is 0 Å². The zero-order valence-electron chi connectivity index (χ0n) is 15.4. The van der Waals surface area contributed by atoms with Crippen LogP contribution in [-0.2, 0) is 0 Å². The summed E-state index contributed by atoms with van der Waals surface area (Å²) in [5.41, 5.74) is -0.461. The van der Waals surface area contributed by atoms with E-state index in [-0.39, 0.29) is 0 Å². The summed E-state index contributed by atoms with van der Waals surface area (Å²) in [5.74, 6) is 0.370. The van der Waals surface area contributed by atoms with Gasteiger partial charge in [-0.3, -0.25) is 0 Å². The van der Waals surface area contributed by atoms with Gasteiger partial charge in [0.1, 0.15) is 0 Å². The lowest BCUT2D eigenvalue weighted by molar-refractivity contribution is 0.00307. The molecule has 0 heterocycles. The summed E-state index contributed by atoms with van der Waals surface area (Å²) < 4.78 is 0. The summed E-state index contributed by atoms with van der Waals surface area (Å²) in [5, 5.41) is 10.2. The van der Waals surface area contributed by atoms with Crippen molar-refractivity contribution in [3.8, 4) is 0 Å². The minimum Gasteiger partial charge on any atom is -0.390 e. The third-order valence-electron chi connectivity index (χ3n) is 5.03. The number of hydrogen-bond acceptors (Lipinski definition) is 1. The molecule has 0 amide bonds. The quantitative estimate of drug-likeness (QED) is 0.327. The van der Waals surface area contributed by atoms with Crippen LogP contribution in [0.15, 0.2) is 0 Å². The average Bonchev–Trinajstić information content (AvgIpc) is 2.43. The van der Waals surface area contributed by atoms with E-state index in [0.29, 0.717) is 5.92 Å². The van der Waals surface area contributed by atoms with Crippen LogP contribution in [0, 0.1) is 5.92 Å². The fourth-order valence-electron chi connectivity index (χ4n) is 2.79. The molecule has 0 saturated heterocycles. The Labute approximate surface area is 134 Å². The minimum atomic E-state index is -0.461. The van der Waals surface area contributed by atoms with E-state index >= 15 is 0 Å². The Kier molecular flexibility index (Phi) is 13.6. The molecule has 1 atom stereocenters. The van der Waals surface area contributed by atoms with E-state index in [1.165, 1.54) is 83.5 Å². The normalized spacial score (nSPS) is 14.6. The van der Waals surface area contributed by atoms with Crippen molar-refractivity contribution in [1.29, 1.82) is 0 Å². The molecule has 0 saturated carbocycles. The summed E-state index contributed by atoms with van der Waals surface area (Å²) in [7, 11) is 0. The van der Waals surface area contributed by atoms with Crippen LogP contribution in [0.3, 0.4) is 0 Å². The van der Waals surface area contributed by atoms with Crippen molar-refractivity contribution in [3.05, 3.63) is 0 Å². The highest BCUT2D eigenvalue weighted by atomic mass is 16.3. The molecule has 1 N–H and O–H groups in total. The summed E-state index contributed by atoms with van der Waals surface area (Å²) in [6.45, 7) is 8.49. The Morgan fingerprint density at radius 3 is 1.33 bits per heavy atom. The lowest BCUT2D eigenvalue weighted by atomic mass is 9.87. The third kappa shape index (κ3) is 13.4. The molecule has 0 spiro atoms. The molecule has 1 unspecified atom stereocenters. The molecular weight excluding hydrogens is 256 g/mol. The van der Waals surface area contributed by atoms with E-state index in [2.05, 4.69) is 20.8 Å². The maximum absolute atomic E-state index is 10.2. The van der Waals surface area contributed by atoms with Crippen LogP contribution in [0.25, 0.3) is 0 Å². The second-order valence-electron chi connectivity index (χ2n) is 7.50. The van der Waals surface area contributed by atoms with E-state index in [0.717, 1.165) is 6.42 Å². The maximum atomic E-state index is 10.2. The van der Waals surface area contributed by atoms with Gasteiger partial charge in [-0.1, -0.05) is 104 Å². The molecule has 0 aromatic rings. The van der Waals surface area contributed by atoms with Crippen molar-refractivity contribution < 1.29 is 5.11 Å². The SMILES string of the molecule is CCCCCCCCCCCCCCCC(C)(O)C(C)C. The van der Waals surface area contributed by atoms with Gasteiger partial charge in [0.2, 0.25) is 0 Å². The monoisotopic (exact) mass is 298 g/mol. The molecule has 0 aliphatic rings. The van der Waals surface area contributed by atoms with Crippen LogP contribution in [0.2, 0.25) is 0 Å². The Bertz CT molecular complexity index is 208. The predicted molar refractivity (Wildman–Crippen MR) is 95.8 cm³/mol. The summed E-state index contributed by atoms with van der Waals surface area (Å²) in [6, 6.07) is 0. The van der Waals surface area contributed by atoms with Gasteiger partial charge >= 0.3 is 0 Å². The zero-order valence-corrected chi connectivity index (χ0v) is 15.4. The molecule has 0 aromatic heterocycles. The van der Waals surface area contributed by atoms with Gasteiger partial charge in [0.25, 0.3) is 0 Å². The molecule has 0 bridgehead atoms. The molecule has 0 aliphatic carbocycles. The minimum absolute atomic E-state index is 0.370. The van der Waals surface area contributed by atoms with Crippen molar-refractivity contribution in [1.82, 2.24) is 0 Å². The van der Waals surface area contributed by atoms with Crippen molar-refractivity contribution >= 4 is 0 Å². The van der Waals surface area contributed by atoms with E-state index in [1.807, 2.05) is 6.92 Å². The fraction of sp³-hybridized carbons (Fsp3) is 1.00. The Morgan fingerprint density at radius 1 is 0.667 bits per heavy atom. The first-order valence-corrected chi connectivity index (χ1v) is 9.73. The van der Waals surface area contributed by atoms with E-state index in [1.54, 1.807) is 0 Å². The Balaban J connectivity index is 3.16. The number of aliphatic hydroxyl groups is 1. The van der Waals surface area contributed by atoms with Crippen LogP contribution >= 0.6 is 0 Å². The van der Waals surface area contributed by atoms with Crippen molar-refractivity contribution in [2.75, 3.05) is 0 Å². The predicted octanol–water partition coefficient (Wildman–Crippen LogP) is 6.87. The van der Waals surface area contributed by atoms with Crippen molar-refractivity contribution in [3.63, 3.8) is 0 Å². The molecule has 0 radical (unpaired) electrons. The van der Waals surface area contributed by atoms with Crippen LogP contribution in [0.1, 0.15) is 118 Å². The highest BCUT2D eigenvalue weighted by Gasteiger charge is 2.23. The second-order valence-corrected chi connectivity index (χ2v) is 7.50. The molecule has 0 rings (SSSR count).